The number of hydrogen-bond acceptors (Lipinski definition) is 0. The van der Waals surface area contributed by atoms with E-state index >= 15 is 0 Å². The van der Waals surface area contributed by atoms with Crippen LogP contribution in [0.2, 0.25) is 0 Å². The zero-order valence-electron chi connectivity index (χ0n) is 74.5. The standard InChI is InChI=1S/C56H34.C42H26.C38H24/c1-2-17-38-32-39(30-28-35(38)14-1)54-48-25-11-12-26-49(48)55(51-33-40-31-29-37-16-4-6-20-42(37)53(40)46-23-9-8-22-45(46)51)56-47-24-10-7-21-44(47)50(34-52(54)56)43-27-13-18-36-15-3-5-19-41(36)43;1-2-11-31-25-32(23-17-27(31)9-1)41-35-13-5-7-15-37(35)42(38-16-8-6-14-36(38)41)33-24-20-29-19-22-30-21-18-28-10-3-4-12-34(28)40(30)39(29)26-33;1-2-11-27(12-3-1)37-31-14-6-8-16-33(31)38(34-17-9-7-15-32(34)37)29-23-20-26-19-22-28-21-18-25-10-4-5-13-30(25)36(28)35(26)24-29/h1-34H;1-26H;1-24H. The van der Waals surface area contributed by atoms with Gasteiger partial charge in [0.1, 0.15) is 0 Å². The van der Waals surface area contributed by atoms with Crippen LogP contribution in [0.3, 0.4) is 0 Å². The first kappa shape index (κ1) is 78.2. The van der Waals surface area contributed by atoms with Gasteiger partial charge in [-0.1, -0.05) is 473 Å². The summed E-state index contributed by atoms with van der Waals surface area (Å²) in [7, 11) is 0. The van der Waals surface area contributed by atoms with Gasteiger partial charge in [-0.2, -0.15) is 0 Å². The Morgan fingerprint density at radius 2 is 0.331 bits per heavy atom. The van der Waals surface area contributed by atoms with Gasteiger partial charge >= 0.3 is 0 Å². The van der Waals surface area contributed by atoms with Crippen molar-refractivity contribution < 1.29 is 0 Å². The molecule has 0 aliphatic heterocycles. The summed E-state index contributed by atoms with van der Waals surface area (Å²) in [5.74, 6) is 0. The number of rotatable bonds is 7. The van der Waals surface area contributed by atoms with Gasteiger partial charge in [0.2, 0.25) is 0 Å². The van der Waals surface area contributed by atoms with Crippen LogP contribution in [0.1, 0.15) is 0 Å². The zero-order valence-corrected chi connectivity index (χ0v) is 74.5. The maximum atomic E-state index is 2.51. The summed E-state index contributed by atoms with van der Waals surface area (Å²) in [5.41, 5.74) is 17.8. The highest BCUT2D eigenvalue weighted by atomic mass is 14.3. The molecule has 0 spiro atoms. The van der Waals surface area contributed by atoms with Crippen molar-refractivity contribution in [3.8, 4) is 77.9 Å². The molecule has 0 N–H and O–H groups in total. The van der Waals surface area contributed by atoms with E-state index in [1.165, 1.54) is 283 Å². The molecular formula is C136H84. The average molecular weight is 1720 g/mol. The van der Waals surface area contributed by atoms with Crippen LogP contribution in [-0.4, -0.2) is 0 Å². The van der Waals surface area contributed by atoms with Gasteiger partial charge < -0.3 is 0 Å². The van der Waals surface area contributed by atoms with Crippen LogP contribution >= 0.6 is 0 Å². The van der Waals surface area contributed by atoms with Gasteiger partial charge in [-0.3, -0.25) is 0 Å². The second-order valence-corrected chi connectivity index (χ2v) is 36.5. The van der Waals surface area contributed by atoms with Crippen molar-refractivity contribution in [2.24, 2.45) is 0 Å². The van der Waals surface area contributed by atoms with Crippen LogP contribution in [0.4, 0.5) is 0 Å². The highest BCUT2D eigenvalue weighted by Gasteiger charge is 2.27. The third kappa shape index (κ3) is 12.7. The van der Waals surface area contributed by atoms with E-state index in [4.69, 9.17) is 0 Å². The number of fused-ring (bicyclic) bond motifs is 26. The Morgan fingerprint density at radius 3 is 0.743 bits per heavy atom. The fourth-order valence-electron chi connectivity index (χ4n) is 23.2. The van der Waals surface area contributed by atoms with Crippen molar-refractivity contribution >= 4 is 205 Å². The third-order valence-electron chi connectivity index (χ3n) is 29.2. The molecule has 0 aliphatic carbocycles. The van der Waals surface area contributed by atoms with Crippen molar-refractivity contribution in [2.45, 2.75) is 0 Å². The van der Waals surface area contributed by atoms with E-state index in [1.54, 1.807) is 0 Å². The van der Waals surface area contributed by atoms with E-state index in [-0.39, 0.29) is 0 Å². The summed E-state index contributed by atoms with van der Waals surface area (Å²) in [6.07, 6.45) is 0. The zero-order chi connectivity index (χ0) is 89.4. The van der Waals surface area contributed by atoms with Crippen LogP contribution < -0.4 is 0 Å². The first-order valence-electron chi connectivity index (χ1n) is 47.3. The van der Waals surface area contributed by atoms with Gasteiger partial charge in [0.25, 0.3) is 0 Å². The van der Waals surface area contributed by atoms with Gasteiger partial charge in [-0.15, -0.1) is 0 Å². The second-order valence-electron chi connectivity index (χ2n) is 36.5. The molecule has 0 saturated carbocycles. The molecule has 0 radical (unpaired) electrons. The molecule has 136 heavy (non-hydrogen) atoms. The quantitative estimate of drug-likeness (QED) is 0.110. The van der Waals surface area contributed by atoms with E-state index in [1.807, 2.05) is 0 Å². The molecule has 0 atom stereocenters. The summed E-state index contributed by atoms with van der Waals surface area (Å²) in [6, 6.07) is 188. The largest absolute Gasteiger partial charge is 0.0622 e. The van der Waals surface area contributed by atoms with E-state index in [0.717, 1.165) is 0 Å². The molecule has 0 aliphatic rings. The molecule has 29 aromatic carbocycles. The predicted molar refractivity (Wildman–Crippen MR) is 590 cm³/mol. The van der Waals surface area contributed by atoms with Crippen molar-refractivity contribution in [3.63, 3.8) is 0 Å². The molecule has 0 unspecified atom stereocenters. The van der Waals surface area contributed by atoms with E-state index < -0.39 is 0 Å². The Hall–Kier alpha value is -17.7. The normalized spacial score (nSPS) is 11.8. The molecule has 0 heterocycles. The fourth-order valence-corrected chi connectivity index (χ4v) is 23.2. The summed E-state index contributed by atoms with van der Waals surface area (Å²) in [6.45, 7) is 0. The molecule has 0 heteroatoms. The average Bonchev–Trinajstić information content (AvgIpc) is 0.701. The van der Waals surface area contributed by atoms with Crippen LogP contribution in [0.15, 0.2) is 510 Å². The topological polar surface area (TPSA) is 0 Å². The van der Waals surface area contributed by atoms with Crippen molar-refractivity contribution in [1.29, 1.82) is 0 Å². The molecule has 0 nitrogen and oxygen atoms in total. The van der Waals surface area contributed by atoms with Crippen LogP contribution in [-0.2, 0) is 0 Å². The Bertz CT molecular complexity index is 9940. The Labute approximate surface area is 786 Å². The molecular weight excluding hydrogens is 1630 g/mol. The minimum absolute atomic E-state index is 1.23. The molecule has 29 rings (SSSR count). The minimum Gasteiger partial charge on any atom is -0.0622 e. The predicted octanol–water partition coefficient (Wildman–Crippen LogP) is 38.6. The summed E-state index contributed by atoms with van der Waals surface area (Å²) >= 11 is 0. The smallest absolute Gasteiger partial charge is 0.00134 e. The SMILES string of the molecule is c1ccc(-c2c3ccccc3c(-c3ccc4ccc5ccc6ccccc6c5c4c3)c3ccccc23)cc1.c1ccc2cc(-c3c4ccccc4c(-c4cc5ccc6ccccc6c5c5ccccc45)c4c3cc(-c3cccc5ccccc35)c3ccccc34)ccc2c1.c1ccc2cc(-c3c4ccccc4c(-c4ccc5ccc6ccc7ccccc7c6c5c4)c4ccccc34)ccc2c1. The lowest BCUT2D eigenvalue weighted by atomic mass is 9.80. The highest BCUT2D eigenvalue weighted by molar-refractivity contribution is 6.35. The number of benzene rings is 29. The maximum Gasteiger partial charge on any atom is -0.00134 e. The lowest BCUT2D eigenvalue weighted by Crippen LogP contribution is -1.95. The monoisotopic (exact) mass is 1720 g/mol. The van der Waals surface area contributed by atoms with Gasteiger partial charge in [0.15, 0.2) is 0 Å². The molecule has 0 aromatic heterocycles. The number of hydrogen-bond donors (Lipinski definition) is 0. The van der Waals surface area contributed by atoms with Gasteiger partial charge in [-0.05, 0) is 319 Å². The van der Waals surface area contributed by atoms with Crippen LogP contribution in [0.5, 0.6) is 0 Å². The Morgan fingerprint density at radius 1 is 0.0809 bits per heavy atom. The van der Waals surface area contributed by atoms with E-state index in [9.17, 15) is 0 Å². The lowest BCUT2D eigenvalue weighted by molar-refractivity contribution is 1.66. The van der Waals surface area contributed by atoms with Gasteiger partial charge in [0, 0.05) is 0 Å². The van der Waals surface area contributed by atoms with Crippen molar-refractivity contribution in [2.75, 3.05) is 0 Å². The summed E-state index contributed by atoms with van der Waals surface area (Å²) in [4.78, 5) is 0. The first-order chi connectivity index (χ1) is 67.5. The van der Waals surface area contributed by atoms with Gasteiger partial charge in [-0.25, -0.2) is 0 Å². The van der Waals surface area contributed by atoms with Crippen molar-refractivity contribution in [3.05, 3.63) is 510 Å². The first-order valence-corrected chi connectivity index (χ1v) is 47.3. The fraction of sp³-hybridized carbons (Fsp3) is 0. The van der Waals surface area contributed by atoms with Crippen LogP contribution in [0, 0.1) is 0 Å². The molecule has 0 saturated heterocycles. The minimum atomic E-state index is 1.23. The molecule has 0 amide bonds. The van der Waals surface area contributed by atoms with E-state index in [2.05, 4.69) is 510 Å². The summed E-state index contributed by atoms with van der Waals surface area (Å²) < 4.78 is 0. The molecule has 29 aromatic rings. The Balaban J connectivity index is 0.000000106. The summed E-state index contributed by atoms with van der Waals surface area (Å²) in [5, 5.41) is 48.6. The molecule has 0 bridgehead atoms. The third-order valence-corrected chi connectivity index (χ3v) is 29.2. The Kier molecular flexibility index (Phi) is 18.5. The van der Waals surface area contributed by atoms with E-state index in [0.29, 0.717) is 0 Å². The van der Waals surface area contributed by atoms with Gasteiger partial charge in [0.05, 0.1) is 0 Å². The van der Waals surface area contributed by atoms with Crippen LogP contribution in [0.25, 0.3) is 283 Å². The second kappa shape index (κ2) is 32.1. The maximum absolute atomic E-state index is 2.51. The van der Waals surface area contributed by atoms with Crippen molar-refractivity contribution in [1.82, 2.24) is 0 Å². The lowest BCUT2D eigenvalue weighted by Gasteiger charge is -2.23. The molecule has 0 fully saturated rings. The molecule has 628 valence electrons. The highest BCUT2D eigenvalue weighted by Crippen LogP contribution is 2.54.